The number of hydrogen-bond donors (Lipinski definition) is 5. The van der Waals surface area contributed by atoms with Gasteiger partial charge in [-0.05, 0) is 80.8 Å². The first-order valence-corrected chi connectivity index (χ1v) is 21.4. The topological polar surface area (TPSA) is 196 Å². The summed E-state index contributed by atoms with van der Waals surface area (Å²) in [5.74, 6) is -2.95. The van der Waals surface area contributed by atoms with Crippen molar-refractivity contribution in [2.24, 2.45) is 23.7 Å². The number of fused-ring (bicyclic) bond motifs is 2. The van der Waals surface area contributed by atoms with E-state index in [1.807, 2.05) is 53.6 Å². The second-order valence-electron chi connectivity index (χ2n) is 18.6. The molecule has 0 radical (unpaired) electrons. The van der Waals surface area contributed by atoms with Crippen LogP contribution in [0.25, 0.3) is 0 Å². The summed E-state index contributed by atoms with van der Waals surface area (Å²) in [6, 6.07) is -0.593. The number of cyclic esters (lactones) is 1. The van der Waals surface area contributed by atoms with E-state index in [1.54, 1.807) is 41.7 Å². The van der Waals surface area contributed by atoms with E-state index in [-0.39, 0.29) is 55.9 Å². The molecule has 0 aliphatic carbocycles. The number of nitrogens with zero attached hydrogens (tertiary/aromatic N) is 1. The third-order valence-electron chi connectivity index (χ3n) is 13.5. The third kappa shape index (κ3) is 11.1. The average molecular weight is 835 g/mol. The number of hydrogen-bond acceptors (Lipinski definition) is 16. The van der Waals surface area contributed by atoms with E-state index in [0.29, 0.717) is 19.6 Å². The Morgan fingerprint density at radius 2 is 1.59 bits per heavy atom. The molecule has 4 saturated heterocycles. The molecule has 5 N–H and O–H groups in total. The molecule has 16 heteroatoms. The predicted octanol–water partition coefficient (Wildman–Crippen LogP) is 2.20. The van der Waals surface area contributed by atoms with Gasteiger partial charge >= 0.3 is 5.97 Å². The van der Waals surface area contributed by atoms with Gasteiger partial charge in [-0.2, -0.15) is 0 Å². The Morgan fingerprint density at radius 3 is 2.19 bits per heavy atom. The molecule has 0 aromatic carbocycles. The minimum absolute atomic E-state index is 0.137. The summed E-state index contributed by atoms with van der Waals surface area (Å²) in [6.45, 7) is 19.1. The van der Waals surface area contributed by atoms with E-state index in [9.17, 15) is 25.2 Å². The molecule has 58 heavy (non-hydrogen) atoms. The summed E-state index contributed by atoms with van der Waals surface area (Å²) in [6.07, 6.45) is -8.29. The largest absolute Gasteiger partial charge is 0.459 e. The van der Waals surface area contributed by atoms with E-state index >= 15 is 0 Å². The third-order valence-corrected chi connectivity index (χ3v) is 13.5. The Bertz CT molecular complexity index is 1290. The van der Waals surface area contributed by atoms with Gasteiger partial charge < -0.3 is 68.0 Å². The molecule has 0 saturated carbocycles. The molecule has 340 valence electrons. The quantitative estimate of drug-likeness (QED) is 0.142. The Morgan fingerprint density at radius 1 is 0.914 bits per heavy atom. The molecule has 4 rings (SSSR count). The summed E-state index contributed by atoms with van der Waals surface area (Å²) < 4.78 is 55.7. The van der Waals surface area contributed by atoms with E-state index in [2.05, 4.69) is 5.32 Å². The zero-order chi connectivity index (χ0) is 43.5. The summed E-state index contributed by atoms with van der Waals surface area (Å²) in [5, 5.41) is 51.5. The van der Waals surface area contributed by atoms with Gasteiger partial charge in [0.1, 0.15) is 30.1 Å². The van der Waals surface area contributed by atoms with Crippen LogP contribution in [0, 0.1) is 23.7 Å². The molecule has 4 heterocycles. The Hall–Kier alpha value is -1.09. The van der Waals surface area contributed by atoms with Gasteiger partial charge in [-0.15, -0.1) is 0 Å². The number of ether oxygens (including phenoxy) is 9. The maximum atomic E-state index is 14.5. The average Bonchev–Trinajstić information content (AvgIpc) is 3.15. The van der Waals surface area contributed by atoms with Crippen molar-refractivity contribution in [3.05, 3.63) is 0 Å². The first-order valence-electron chi connectivity index (χ1n) is 21.4. The molecule has 0 aromatic rings. The number of aliphatic hydroxyl groups excluding tert-OH is 2. The smallest absolute Gasteiger partial charge is 0.311 e. The summed E-state index contributed by atoms with van der Waals surface area (Å²) in [4.78, 5) is 16.4. The number of nitrogens with one attached hydrogen (secondary N) is 1. The minimum Gasteiger partial charge on any atom is -0.459 e. The lowest BCUT2D eigenvalue weighted by Gasteiger charge is -2.52. The van der Waals surface area contributed by atoms with Crippen molar-refractivity contribution in [1.82, 2.24) is 10.2 Å². The number of rotatable bonds is 12. The van der Waals surface area contributed by atoms with Gasteiger partial charge in [0.15, 0.2) is 12.6 Å². The second kappa shape index (κ2) is 20.4. The van der Waals surface area contributed by atoms with Crippen LogP contribution in [0.15, 0.2) is 0 Å². The van der Waals surface area contributed by atoms with Gasteiger partial charge in [-0.1, -0.05) is 27.7 Å². The van der Waals surface area contributed by atoms with E-state index < -0.39 is 96.1 Å². The normalized spacial score (nSPS) is 48.7. The summed E-state index contributed by atoms with van der Waals surface area (Å²) in [7, 11) is 6.90. The van der Waals surface area contributed by atoms with Crippen LogP contribution in [0.3, 0.4) is 0 Å². The number of carbonyl (C=O) groups excluding carboxylic acids is 1. The van der Waals surface area contributed by atoms with E-state index in [0.717, 1.165) is 0 Å². The molecule has 2 bridgehead atoms. The van der Waals surface area contributed by atoms with Crippen molar-refractivity contribution in [2.75, 3.05) is 48.1 Å². The number of likely N-dealkylation sites (N-methyl/N-ethyl adjacent to an activating group) is 1. The van der Waals surface area contributed by atoms with Gasteiger partial charge in [0.2, 0.25) is 0 Å². The lowest BCUT2D eigenvalue weighted by molar-refractivity contribution is -0.318. The van der Waals surface area contributed by atoms with Gasteiger partial charge in [-0.3, -0.25) is 10.1 Å². The molecule has 4 aliphatic rings. The van der Waals surface area contributed by atoms with Crippen LogP contribution in [0.4, 0.5) is 0 Å². The maximum Gasteiger partial charge on any atom is 0.311 e. The Labute approximate surface area is 346 Å². The van der Waals surface area contributed by atoms with E-state index in [4.69, 9.17) is 42.6 Å². The van der Waals surface area contributed by atoms with Crippen molar-refractivity contribution in [3.8, 4) is 0 Å². The van der Waals surface area contributed by atoms with Crippen LogP contribution in [0.2, 0.25) is 0 Å². The van der Waals surface area contributed by atoms with Crippen LogP contribution in [-0.2, 0) is 47.4 Å². The fraction of sp³-hybridized carbons (Fsp3) is 0.976. The Kier molecular flexibility index (Phi) is 17.4. The molecule has 4 aliphatic heterocycles. The number of esters is 1. The predicted molar refractivity (Wildman–Crippen MR) is 214 cm³/mol. The van der Waals surface area contributed by atoms with Gasteiger partial charge in [-0.25, -0.2) is 0 Å². The molecule has 0 aromatic heterocycles. The van der Waals surface area contributed by atoms with Crippen molar-refractivity contribution in [3.63, 3.8) is 0 Å². The highest BCUT2D eigenvalue weighted by molar-refractivity contribution is 5.73. The highest BCUT2D eigenvalue weighted by Crippen LogP contribution is 2.43. The highest BCUT2D eigenvalue weighted by atomic mass is 16.7. The van der Waals surface area contributed by atoms with Gasteiger partial charge in [0.25, 0.3) is 0 Å². The first-order chi connectivity index (χ1) is 27.0. The number of methoxy groups -OCH3 is 2. The fourth-order valence-corrected chi connectivity index (χ4v) is 10.0. The maximum absolute atomic E-state index is 14.5. The molecule has 2 unspecified atom stereocenters. The Balaban J connectivity index is 1.83. The molecule has 20 atom stereocenters. The van der Waals surface area contributed by atoms with E-state index in [1.165, 1.54) is 7.11 Å². The lowest BCUT2D eigenvalue weighted by atomic mass is 9.71. The van der Waals surface area contributed by atoms with Crippen LogP contribution < -0.4 is 5.32 Å². The summed E-state index contributed by atoms with van der Waals surface area (Å²) in [5.41, 5.74) is -4.27. The molecule has 4 fully saturated rings. The monoisotopic (exact) mass is 835 g/mol. The van der Waals surface area contributed by atoms with Gasteiger partial charge in [0.05, 0.1) is 67.5 Å². The van der Waals surface area contributed by atoms with Crippen LogP contribution in [-0.4, -0.2) is 176 Å². The van der Waals surface area contributed by atoms with Crippen molar-refractivity contribution < 1.29 is 67.9 Å². The lowest BCUT2D eigenvalue weighted by Crippen LogP contribution is -2.67. The molecule has 0 amide bonds. The van der Waals surface area contributed by atoms with Crippen molar-refractivity contribution in [1.29, 1.82) is 0 Å². The highest BCUT2D eigenvalue weighted by Gasteiger charge is 2.55. The van der Waals surface area contributed by atoms with Crippen LogP contribution in [0.5, 0.6) is 0 Å². The number of carbonyl (C=O) groups is 1. The fourth-order valence-electron chi connectivity index (χ4n) is 10.0. The van der Waals surface area contributed by atoms with Crippen LogP contribution >= 0.6 is 0 Å². The SMILES string of the molecule is CC[C@H]1OC(=O)[C@H](C)[C@@H](O[C@H]2C[C@@](C)(OC)[C@@H](O)[C@H](C)O2)[C@H](C)[C@@H](O[C@@H]2O[C@H](C)C[C@H](N(C)C)[C@H]2O)[C@](C)(O)C[C@@H](C)[C@@H]2N[C@@H](COCCOC)O[C@H](C2C)C1(C)O. The molecule has 0 spiro atoms. The zero-order valence-corrected chi connectivity index (χ0v) is 37.6. The standard InChI is InChI=1S/C42H78N2O14/c1-15-29-42(10,49)37-24(4)32(43-30(56-37)21-52-17-16-50-13)22(2)19-40(8,48)36(58-39-33(45)28(44(11)12)18-23(3)53-39)25(5)34(26(6)38(47)55-29)57-31-20-41(9,51-14)35(46)27(7)54-31/h22-37,39,43,45-46,48-49H,15-21H2,1-14H3/t22-,23-,24?,25+,26-,27+,28+,29-,30-,31+,32+,33-,34+,35+,36-,37-,39+,40-,41-,42?/m1/s1. The first kappa shape index (κ1) is 49.6. The van der Waals surface area contributed by atoms with Gasteiger partial charge in [0, 0.05) is 44.6 Å². The zero-order valence-electron chi connectivity index (χ0n) is 37.6. The molecular formula is C42H78N2O14. The molecule has 16 nitrogen and oxygen atoms in total. The minimum atomic E-state index is -1.64. The molecular weight excluding hydrogens is 756 g/mol. The van der Waals surface area contributed by atoms with Crippen molar-refractivity contribution in [2.45, 2.75) is 191 Å². The van der Waals surface area contributed by atoms with Crippen molar-refractivity contribution >= 4 is 5.97 Å². The van der Waals surface area contributed by atoms with Crippen LogP contribution in [0.1, 0.15) is 94.9 Å². The number of aliphatic hydroxyl groups is 4. The second-order valence-corrected chi connectivity index (χ2v) is 18.6. The summed E-state index contributed by atoms with van der Waals surface area (Å²) >= 11 is 0.